The van der Waals surface area contributed by atoms with Crippen molar-refractivity contribution < 1.29 is 4.79 Å². The van der Waals surface area contributed by atoms with Gasteiger partial charge in [0, 0.05) is 31.7 Å². The van der Waals surface area contributed by atoms with Gasteiger partial charge in [-0.2, -0.15) is 0 Å². The predicted molar refractivity (Wildman–Crippen MR) is 110 cm³/mol. The summed E-state index contributed by atoms with van der Waals surface area (Å²) in [4.78, 5) is 26.8. The Morgan fingerprint density at radius 1 is 1.00 bits per heavy atom. The number of benzene rings is 1. The third kappa shape index (κ3) is 3.83. The molecule has 2 aromatic rings. The van der Waals surface area contributed by atoms with Crippen LogP contribution < -0.4 is 10.2 Å². The van der Waals surface area contributed by atoms with E-state index in [0.717, 1.165) is 81.6 Å². The summed E-state index contributed by atoms with van der Waals surface area (Å²) in [6, 6.07) is 9.09. The van der Waals surface area contributed by atoms with Crippen molar-refractivity contribution >= 4 is 22.8 Å². The summed E-state index contributed by atoms with van der Waals surface area (Å²) in [7, 11) is 0. The normalized spacial score (nSPS) is 24.4. The van der Waals surface area contributed by atoms with E-state index in [2.05, 4.69) is 20.1 Å². The summed E-state index contributed by atoms with van der Waals surface area (Å²) < 4.78 is 0. The first-order valence-electron chi connectivity index (χ1n) is 10.8. The van der Waals surface area contributed by atoms with E-state index in [-0.39, 0.29) is 11.8 Å². The van der Waals surface area contributed by atoms with E-state index in [1.807, 2.05) is 30.5 Å². The number of hydrogen-bond acceptors (Lipinski definition) is 5. The van der Waals surface area contributed by atoms with E-state index < -0.39 is 0 Å². The van der Waals surface area contributed by atoms with Crippen molar-refractivity contribution in [2.45, 2.75) is 50.6 Å². The van der Waals surface area contributed by atoms with E-state index in [4.69, 9.17) is 4.98 Å². The van der Waals surface area contributed by atoms with E-state index in [9.17, 15) is 4.79 Å². The number of likely N-dealkylation sites (tertiary alicyclic amines) is 1. The Hall–Kier alpha value is -2.21. The molecule has 2 aliphatic heterocycles. The highest BCUT2D eigenvalue weighted by Crippen LogP contribution is 2.27. The average molecular weight is 380 g/mol. The summed E-state index contributed by atoms with van der Waals surface area (Å²) in [5.41, 5.74) is 1.91. The van der Waals surface area contributed by atoms with E-state index in [0.29, 0.717) is 12.1 Å². The molecule has 148 valence electrons. The van der Waals surface area contributed by atoms with Crippen LogP contribution in [0.25, 0.3) is 11.0 Å². The number of aromatic nitrogens is 2. The number of piperidine rings is 2. The molecule has 0 unspecified atom stereocenters. The van der Waals surface area contributed by atoms with Crippen LogP contribution in [0.4, 0.5) is 5.82 Å². The molecular weight excluding hydrogens is 350 g/mol. The lowest BCUT2D eigenvalue weighted by Crippen LogP contribution is -2.51. The zero-order chi connectivity index (χ0) is 18.9. The second-order valence-electron chi connectivity index (χ2n) is 8.55. The number of anilines is 1. The molecule has 6 heteroatoms. The van der Waals surface area contributed by atoms with Crippen molar-refractivity contribution in [2.75, 3.05) is 31.1 Å². The summed E-state index contributed by atoms with van der Waals surface area (Å²) in [5.74, 6) is 1.45. The van der Waals surface area contributed by atoms with Crippen LogP contribution in [0.2, 0.25) is 0 Å². The SMILES string of the molecule is O=C(NC1CC1)[C@H]1CCCN(C2CCN(c3cnc4ccccc4n3)CC2)C1. The summed E-state index contributed by atoms with van der Waals surface area (Å²) >= 11 is 0. The number of nitrogens with zero attached hydrogens (tertiary/aromatic N) is 4. The molecule has 1 saturated carbocycles. The molecule has 1 aromatic heterocycles. The second kappa shape index (κ2) is 7.66. The highest BCUT2D eigenvalue weighted by Gasteiger charge is 2.33. The van der Waals surface area contributed by atoms with Gasteiger partial charge in [0.25, 0.3) is 0 Å². The van der Waals surface area contributed by atoms with Gasteiger partial charge in [-0.1, -0.05) is 12.1 Å². The molecular formula is C22H29N5O. The highest BCUT2D eigenvalue weighted by molar-refractivity contribution is 5.79. The van der Waals surface area contributed by atoms with Crippen molar-refractivity contribution in [2.24, 2.45) is 5.92 Å². The lowest BCUT2D eigenvalue weighted by atomic mass is 9.93. The van der Waals surface area contributed by atoms with Gasteiger partial charge in [0.05, 0.1) is 23.1 Å². The minimum atomic E-state index is 0.179. The Kier molecular flexibility index (Phi) is 4.89. The van der Waals surface area contributed by atoms with E-state index in [1.165, 1.54) is 0 Å². The lowest BCUT2D eigenvalue weighted by molar-refractivity contribution is -0.127. The topological polar surface area (TPSA) is 61.4 Å². The number of carbonyl (C=O) groups excluding carboxylic acids is 1. The Morgan fingerprint density at radius 3 is 2.57 bits per heavy atom. The first-order chi connectivity index (χ1) is 13.8. The number of amides is 1. The van der Waals surface area contributed by atoms with Crippen molar-refractivity contribution in [3.63, 3.8) is 0 Å². The first kappa shape index (κ1) is 17.9. The summed E-state index contributed by atoms with van der Waals surface area (Å²) in [5, 5.41) is 3.20. The molecule has 5 rings (SSSR count). The third-order valence-corrected chi connectivity index (χ3v) is 6.49. The Labute approximate surface area is 166 Å². The Bertz CT molecular complexity index is 844. The second-order valence-corrected chi connectivity index (χ2v) is 8.55. The molecule has 1 atom stereocenters. The fourth-order valence-electron chi connectivity index (χ4n) is 4.66. The number of carbonyl (C=O) groups is 1. The van der Waals surface area contributed by atoms with Gasteiger partial charge in [-0.15, -0.1) is 0 Å². The molecule has 3 aliphatic rings. The molecule has 3 heterocycles. The monoisotopic (exact) mass is 379 g/mol. The van der Waals surface area contributed by atoms with Crippen LogP contribution >= 0.6 is 0 Å². The van der Waals surface area contributed by atoms with Crippen LogP contribution in [0.3, 0.4) is 0 Å². The van der Waals surface area contributed by atoms with Crippen molar-refractivity contribution in [3.8, 4) is 0 Å². The van der Waals surface area contributed by atoms with E-state index >= 15 is 0 Å². The van der Waals surface area contributed by atoms with E-state index in [1.54, 1.807) is 0 Å². The molecule has 6 nitrogen and oxygen atoms in total. The standard InChI is InChI=1S/C22H29N5O/c28-22(24-17-7-8-17)16-4-3-11-27(15-16)18-9-12-26(13-10-18)21-14-23-19-5-1-2-6-20(19)25-21/h1-2,5-6,14,16-18H,3-4,7-13,15H2,(H,24,28)/t16-/m0/s1. The van der Waals surface area contributed by atoms with Gasteiger partial charge in [0.2, 0.25) is 5.91 Å². The smallest absolute Gasteiger partial charge is 0.224 e. The first-order valence-corrected chi connectivity index (χ1v) is 10.8. The van der Waals surface area contributed by atoms with Gasteiger partial charge in [0.1, 0.15) is 5.82 Å². The fraction of sp³-hybridized carbons (Fsp3) is 0.591. The molecule has 2 saturated heterocycles. The van der Waals surface area contributed by atoms with Crippen LogP contribution in [-0.2, 0) is 4.79 Å². The molecule has 1 amide bonds. The molecule has 1 aromatic carbocycles. The zero-order valence-electron chi connectivity index (χ0n) is 16.4. The van der Waals surface area contributed by atoms with Crippen LogP contribution in [-0.4, -0.2) is 59.0 Å². The van der Waals surface area contributed by atoms with Crippen molar-refractivity contribution in [1.82, 2.24) is 20.2 Å². The zero-order valence-corrected chi connectivity index (χ0v) is 16.4. The molecule has 0 spiro atoms. The third-order valence-electron chi connectivity index (χ3n) is 6.49. The lowest BCUT2D eigenvalue weighted by Gasteiger charge is -2.42. The highest BCUT2D eigenvalue weighted by atomic mass is 16.2. The van der Waals surface area contributed by atoms with Gasteiger partial charge < -0.3 is 10.2 Å². The quantitative estimate of drug-likeness (QED) is 0.885. The molecule has 28 heavy (non-hydrogen) atoms. The van der Waals surface area contributed by atoms with Crippen molar-refractivity contribution in [3.05, 3.63) is 30.5 Å². The minimum absolute atomic E-state index is 0.179. The van der Waals surface area contributed by atoms with Crippen LogP contribution in [0.5, 0.6) is 0 Å². The molecule has 1 aliphatic carbocycles. The number of hydrogen-bond donors (Lipinski definition) is 1. The summed E-state index contributed by atoms with van der Waals surface area (Å²) in [6.07, 6.45) is 8.68. The fourth-order valence-corrected chi connectivity index (χ4v) is 4.66. The van der Waals surface area contributed by atoms with Crippen LogP contribution in [0.1, 0.15) is 38.5 Å². The summed E-state index contributed by atoms with van der Waals surface area (Å²) in [6.45, 7) is 4.08. The van der Waals surface area contributed by atoms with Gasteiger partial charge in [-0.25, -0.2) is 4.98 Å². The van der Waals surface area contributed by atoms with Gasteiger partial charge in [-0.3, -0.25) is 14.7 Å². The van der Waals surface area contributed by atoms with Gasteiger partial charge in [0.15, 0.2) is 0 Å². The number of fused-ring (bicyclic) bond motifs is 1. The molecule has 1 N–H and O–H groups in total. The molecule has 3 fully saturated rings. The molecule has 0 radical (unpaired) electrons. The average Bonchev–Trinajstić information content (AvgIpc) is 3.57. The Morgan fingerprint density at radius 2 is 1.79 bits per heavy atom. The molecule has 0 bridgehead atoms. The maximum atomic E-state index is 12.5. The van der Waals surface area contributed by atoms with Gasteiger partial charge in [-0.05, 0) is 57.2 Å². The predicted octanol–water partition coefficient (Wildman–Crippen LogP) is 2.59. The van der Waals surface area contributed by atoms with Crippen molar-refractivity contribution in [1.29, 1.82) is 0 Å². The Balaban J connectivity index is 1.18. The maximum Gasteiger partial charge on any atom is 0.224 e. The number of nitrogens with one attached hydrogen (secondary N) is 1. The number of rotatable bonds is 4. The van der Waals surface area contributed by atoms with Crippen LogP contribution in [0.15, 0.2) is 30.5 Å². The largest absolute Gasteiger partial charge is 0.355 e. The maximum absolute atomic E-state index is 12.5. The number of para-hydroxylation sites is 2. The van der Waals surface area contributed by atoms with Gasteiger partial charge >= 0.3 is 0 Å². The van der Waals surface area contributed by atoms with Crippen LogP contribution in [0, 0.1) is 5.92 Å². The minimum Gasteiger partial charge on any atom is -0.355 e.